The lowest BCUT2D eigenvalue weighted by atomic mass is 10.2. The fourth-order valence-electron chi connectivity index (χ4n) is 2.34. The van der Waals surface area contributed by atoms with Crippen LogP contribution in [0, 0.1) is 10.1 Å². The quantitative estimate of drug-likeness (QED) is 0.484. The Labute approximate surface area is 168 Å². The highest BCUT2D eigenvalue weighted by Gasteiger charge is 2.20. The Morgan fingerprint density at radius 3 is 2.46 bits per heavy atom. The first-order valence-corrected chi connectivity index (χ1v) is 9.24. The van der Waals surface area contributed by atoms with Gasteiger partial charge in [-0.05, 0) is 25.1 Å². The van der Waals surface area contributed by atoms with Crippen molar-refractivity contribution >= 4 is 50.5 Å². The van der Waals surface area contributed by atoms with Crippen LogP contribution in [0.25, 0.3) is 10.1 Å². The van der Waals surface area contributed by atoms with Gasteiger partial charge in [-0.3, -0.25) is 30.6 Å². The maximum absolute atomic E-state index is 12.3. The Balaban J connectivity index is 1.58. The number of non-ortho nitro benzene ring substituents is 1. The van der Waals surface area contributed by atoms with Gasteiger partial charge in [0.15, 0.2) is 6.10 Å². The molecule has 1 unspecified atom stereocenters. The normalized spacial score (nSPS) is 11.6. The van der Waals surface area contributed by atoms with Gasteiger partial charge < -0.3 is 4.74 Å². The number of halogens is 1. The minimum atomic E-state index is -0.945. The monoisotopic (exact) mass is 419 g/mol. The highest BCUT2D eigenvalue weighted by molar-refractivity contribution is 7.21. The molecule has 1 aromatic heterocycles. The summed E-state index contributed by atoms with van der Waals surface area (Å²) in [6.45, 7) is 1.48. The molecule has 28 heavy (non-hydrogen) atoms. The van der Waals surface area contributed by atoms with E-state index in [-0.39, 0.29) is 16.3 Å². The van der Waals surface area contributed by atoms with Crippen LogP contribution in [0.4, 0.5) is 5.69 Å². The summed E-state index contributed by atoms with van der Waals surface area (Å²) in [7, 11) is 0. The molecule has 1 heterocycles. The molecule has 2 N–H and O–H groups in total. The van der Waals surface area contributed by atoms with Crippen molar-refractivity contribution in [2.75, 3.05) is 0 Å². The molecule has 0 aliphatic rings. The second-order valence-electron chi connectivity index (χ2n) is 5.70. The van der Waals surface area contributed by atoms with E-state index in [9.17, 15) is 19.7 Å². The molecule has 3 rings (SSSR count). The number of hydrazine groups is 1. The molecule has 3 aromatic rings. The zero-order chi connectivity index (χ0) is 20.3. The SMILES string of the molecule is CC(Oc1ccc([N+](=O)[O-])cc1)C(=O)NNC(=O)c1sc2ccccc2c1Cl. The zero-order valence-corrected chi connectivity index (χ0v) is 16.0. The molecule has 10 heteroatoms. The first-order chi connectivity index (χ1) is 13.4. The summed E-state index contributed by atoms with van der Waals surface area (Å²) in [5, 5.41) is 11.7. The number of hydrogen-bond acceptors (Lipinski definition) is 6. The Morgan fingerprint density at radius 2 is 1.82 bits per heavy atom. The van der Waals surface area contributed by atoms with E-state index in [1.165, 1.54) is 42.5 Å². The van der Waals surface area contributed by atoms with Crippen molar-refractivity contribution in [1.82, 2.24) is 10.9 Å². The van der Waals surface area contributed by atoms with E-state index in [1.54, 1.807) is 0 Å². The second kappa shape index (κ2) is 8.24. The molecule has 0 fully saturated rings. The molecule has 8 nitrogen and oxygen atoms in total. The number of nitro groups is 1. The lowest BCUT2D eigenvalue weighted by Crippen LogP contribution is -2.47. The summed E-state index contributed by atoms with van der Waals surface area (Å²) in [4.78, 5) is 34.8. The highest BCUT2D eigenvalue weighted by atomic mass is 35.5. The van der Waals surface area contributed by atoms with Gasteiger partial charge in [-0.25, -0.2) is 0 Å². The Hall–Kier alpha value is -3.17. The van der Waals surface area contributed by atoms with Gasteiger partial charge in [-0.15, -0.1) is 11.3 Å². The number of carbonyl (C=O) groups excluding carboxylic acids is 2. The third-order valence-electron chi connectivity index (χ3n) is 3.77. The van der Waals surface area contributed by atoms with Crippen molar-refractivity contribution in [3.8, 4) is 5.75 Å². The summed E-state index contributed by atoms with van der Waals surface area (Å²) in [6.07, 6.45) is -0.945. The lowest BCUT2D eigenvalue weighted by molar-refractivity contribution is -0.384. The fraction of sp³-hybridized carbons (Fsp3) is 0.111. The molecule has 0 radical (unpaired) electrons. The van der Waals surface area contributed by atoms with Gasteiger partial charge in [0.1, 0.15) is 10.6 Å². The van der Waals surface area contributed by atoms with Crippen LogP contribution in [0.1, 0.15) is 16.6 Å². The van der Waals surface area contributed by atoms with E-state index in [0.29, 0.717) is 5.02 Å². The van der Waals surface area contributed by atoms with Crippen LogP contribution >= 0.6 is 22.9 Å². The average molecular weight is 420 g/mol. The summed E-state index contributed by atoms with van der Waals surface area (Å²) in [5.74, 6) is -0.849. The molecule has 144 valence electrons. The highest BCUT2D eigenvalue weighted by Crippen LogP contribution is 2.34. The molecule has 2 amide bonds. The van der Waals surface area contributed by atoms with Crippen molar-refractivity contribution < 1.29 is 19.2 Å². The number of benzene rings is 2. The second-order valence-corrected chi connectivity index (χ2v) is 7.13. The molecule has 0 saturated heterocycles. The van der Waals surface area contributed by atoms with Crippen LogP contribution in [-0.4, -0.2) is 22.8 Å². The predicted molar refractivity (Wildman–Crippen MR) is 106 cm³/mol. The van der Waals surface area contributed by atoms with Crippen molar-refractivity contribution in [2.24, 2.45) is 0 Å². The smallest absolute Gasteiger partial charge is 0.281 e. The number of hydrogen-bond donors (Lipinski definition) is 2. The van der Waals surface area contributed by atoms with Crippen molar-refractivity contribution in [1.29, 1.82) is 0 Å². The van der Waals surface area contributed by atoms with Gasteiger partial charge in [0.05, 0.1) is 9.95 Å². The largest absolute Gasteiger partial charge is 0.481 e. The van der Waals surface area contributed by atoms with Crippen molar-refractivity contribution in [3.05, 3.63) is 68.5 Å². The van der Waals surface area contributed by atoms with Gasteiger partial charge >= 0.3 is 0 Å². The van der Waals surface area contributed by atoms with Crippen LogP contribution in [0.3, 0.4) is 0 Å². The van der Waals surface area contributed by atoms with E-state index in [4.69, 9.17) is 16.3 Å². The summed E-state index contributed by atoms with van der Waals surface area (Å²) < 4.78 is 6.27. The predicted octanol–water partition coefficient (Wildman–Crippen LogP) is 3.69. The fourth-order valence-corrected chi connectivity index (χ4v) is 3.75. The van der Waals surface area contributed by atoms with E-state index >= 15 is 0 Å². The van der Waals surface area contributed by atoms with E-state index in [2.05, 4.69) is 10.9 Å². The van der Waals surface area contributed by atoms with Crippen LogP contribution in [-0.2, 0) is 4.79 Å². The number of nitro benzene ring substituents is 1. The number of rotatable bonds is 5. The molecule has 0 aliphatic carbocycles. The molecule has 0 spiro atoms. The maximum atomic E-state index is 12.3. The van der Waals surface area contributed by atoms with Crippen LogP contribution < -0.4 is 15.6 Å². The Kier molecular flexibility index (Phi) is 5.76. The summed E-state index contributed by atoms with van der Waals surface area (Å²) >= 11 is 7.45. The van der Waals surface area contributed by atoms with Crippen LogP contribution in [0.2, 0.25) is 5.02 Å². The van der Waals surface area contributed by atoms with Crippen LogP contribution in [0.5, 0.6) is 5.75 Å². The number of nitrogens with one attached hydrogen (secondary N) is 2. The molecule has 0 saturated carbocycles. The number of thiophene rings is 1. The minimum absolute atomic E-state index is 0.0862. The standard InChI is InChI=1S/C18H14ClN3O5S/c1-10(27-12-8-6-11(7-9-12)22(25)26)17(23)20-21-18(24)16-15(19)13-4-2-3-5-14(13)28-16/h2-10H,1H3,(H,20,23)(H,21,24). The topological polar surface area (TPSA) is 111 Å². The van der Waals surface area contributed by atoms with Gasteiger partial charge in [-0.1, -0.05) is 29.8 Å². The van der Waals surface area contributed by atoms with E-state index in [1.807, 2.05) is 24.3 Å². The molecule has 1 atom stereocenters. The van der Waals surface area contributed by atoms with Gasteiger partial charge in [-0.2, -0.15) is 0 Å². The summed E-state index contributed by atoms with van der Waals surface area (Å²) in [6, 6.07) is 12.6. The number of carbonyl (C=O) groups is 2. The molecule has 0 bridgehead atoms. The van der Waals surface area contributed by atoms with Gasteiger partial charge in [0.2, 0.25) is 0 Å². The zero-order valence-electron chi connectivity index (χ0n) is 14.5. The molecular formula is C18H14ClN3O5S. The first kappa shape index (κ1) is 19.6. The third-order valence-corrected chi connectivity index (χ3v) is 5.44. The molecular weight excluding hydrogens is 406 g/mol. The van der Waals surface area contributed by atoms with E-state index < -0.39 is 22.8 Å². The lowest BCUT2D eigenvalue weighted by Gasteiger charge is -2.14. The summed E-state index contributed by atoms with van der Waals surface area (Å²) in [5.41, 5.74) is 4.50. The minimum Gasteiger partial charge on any atom is -0.481 e. The van der Waals surface area contributed by atoms with Gasteiger partial charge in [0, 0.05) is 22.2 Å². The first-order valence-electron chi connectivity index (χ1n) is 8.05. The average Bonchev–Trinajstić information content (AvgIpc) is 3.03. The van der Waals surface area contributed by atoms with Crippen LogP contribution in [0.15, 0.2) is 48.5 Å². The number of fused-ring (bicyclic) bond motifs is 1. The maximum Gasteiger partial charge on any atom is 0.281 e. The van der Waals surface area contributed by atoms with Crippen molar-refractivity contribution in [3.63, 3.8) is 0 Å². The number of ether oxygens (including phenoxy) is 1. The Bertz CT molecular complexity index is 1050. The molecule has 2 aromatic carbocycles. The number of amides is 2. The van der Waals surface area contributed by atoms with Crippen molar-refractivity contribution in [2.45, 2.75) is 13.0 Å². The Morgan fingerprint density at radius 1 is 1.14 bits per heavy atom. The van der Waals surface area contributed by atoms with E-state index in [0.717, 1.165) is 10.1 Å². The number of nitrogens with zero attached hydrogens (tertiary/aromatic N) is 1. The third kappa shape index (κ3) is 4.21. The molecule has 0 aliphatic heterocycles. The van der Waals surface area contributed by atoms with Gasteiger partial charge in [0.25, 0.3) is 17.5 Å².